The molecule has 2 N–H and O–H groups in total. The van der Waals surface area contributed by atoms with E-state index in [1.807, 2.05) is 12.1 Å². The third-order valence-corrected chi connectivity index (χ3v) is 2.41. The number of hydrogen-bond donors (Lipinski definition) is 2. The van der Waals surface area contributed by atoms with E-state index < -0.39 is 5.97 Å². The SMILES string of the molecule is CCN(CC(=O)O)C(=O)NCCc1cccnc1. The van der Waals surface area contributed by atoms with Gasteiger partial charge in [-0.15, -0.1) is 0 Å². The zero-order valence-corrected chi connectivity index (χ0v) is 10.3. The van der Waals surface area contributed by atoms with Crippen LogP contribution in [0.1, 0.15) is 12.5 Å². The molecule has 0 saturated carbocycles. The summed E-state index contributed by atoms with van der Waals surface area (Å²) in [5.74, 6) is -1.01. The van der Waals surface area contributed by atoms with Gasteiger partial charge in [-0.3, -0.25) is 9.78 Å². The van der Waals surface area contributed by atoms with Crippen molar-refractivity contribution >= 4 is 12.0 Å². The van der Waals surface area contributed by atoms with Crippen molar-refractivity contribution in [2.75, 3.05) is 19.6 Å². The average molecular weight is 251 g/mol. The molecule has 0 fully saturated rings. The lowest BCUT2D eigenvalue weighted by Crippen LogP contribution is -2.43. The van der Waals surface area contributed by atoms with Crippen LogP contribution in [0.3, 0.4) is 0 Å². The standard InChI is InChI=1S/C12H17N3O3/c1-2-15(9-11(16)17)12(18)14-7-5-10-4-3-6-13-8-10/h3-4,6,8H,2,5,7,9H2,1H3,(H,14,18)(H,16,17). The largest absolute Gasteiger partial charge is 0.480 e. The molecule has 1 rings (SSSR count). The minimum absolute atomic E-state index is 0.283. The number of urea groups is 1. The van der Waals surface area contributed by atoms with Crippen molar-refractivity contribution in [2.24, 2.45) is 0 Å². The van der Waals surface area contributed by atoms with E-state index in [0.717, 1.165) is 5.56 Å². The van der Waals surface area contributed by atoms with Gasteiger partial charge in [-0.25, -0.2) is 4.79 Å². The van der Waals surface area contributed by atoms with E-state index in [1.165, 1.54) is 4.90 Å². The summed E-state index contributed by atoms with van der Waals surface area (Å²) in [6, 6.07) is 3.40. The molecule has 2 amide bonds. The van der Waals surface area contributed by atoms with Crippen molar-refractivity contribution in [3.8, 4) is 0 Å². The molecule has 1 aromatic rings. The predicted molar refractivity (Wildman–Crippen MR) is 66.2 cm³/mol. The van der Waals surface area contributed by atoms with Gasteiger partial charge in [0.1, 0.15) is 6.54 Å². The van der Waals surface area contributed by atoms with Crippen LogP contribution >= 0.6 is 0 Å². The number of carbonyl (C=O) groups excluding carboxylic acids is 1. The van der Waals surface area contributed by atoms with Gasteiger partial charge in [-0.2, -0.15) is 0 Å². The highest BCUT2D eigenvalue weighted by Crippen LogP contribution is 1.96. The minimum atomic E-state index is -1.01. The zero-order chi connectivity index (χ0) is 13.4. The van der Waals surface area contributed by atoms with E-state index in [9.17, 15) is 9.59 Å². The Kier molecular flexibility index (Phi) is 5.63. The van der Waals surface area contributed by atoms with E-state index in [0.29, 0.717) is 19.5 Å². The second-order valence-corrected chi connectivity index (χ2v) is 3.75. The molecule has 6 heteroatoms. The third-order valence-electron chi connectivity index (χ3n) is 2.41. The van der Waals surface area contributed by atoms with Crippen LogP contribution in [0, 0.1) is 0 Å². The van der Waals surface area contributed by atoms with Crippen molar-refractivity contribution in [3.63, 3.8) is 0 Å². The molecule has 0 aliphatic rings. The van der Waals surface area contributed by atoms with Gasteiger partial charge in [0.15, 0.2) is 0 Å². The molecular weight excluding hydrogens is 234 g/mol. The summed E-state index contributed by atoms with van der Waals surface area (Å²) in [4.78, 5) is 27.4. The Morgan fingerprint density at radius 3 is 2.83 bits per heavy atom. The zero-order valence-electron chi connectivity index (χ0n) is 10.3. The number of aliphatic carboxylic acids is 1. The molecule has 18 heavy (non-hydrogen) atoms. The fraction of sp³-hybridized carbons (Fsp3) is 0.417. The fourth-order valence-corrected chi connectivity index (χ4v) is 1.46. The van der Waals surface area contributed by atoms with Crippen LogP contribution in [0.15, 0.2) is 24.5 Å². The van der Waals surface area contributed by atoms with Crippen LogP contribution in [0.25, 0.3) is 0 Å². The second kappa shape index (κ2) is 7.26. The number of rotatable bonds is 6. The van der Waals surface area contributed by atoms with Gasteiger partial charge in [0.05, 0.1) is 0 Å². The maximum Gasteiger partial charge on any atom is 0.323 e. The molecule has 0 radical (unpaired) electrons. The van der Waals surface area contributed by atoms with Crippen LogP contribution in [0.4, 0.5) is 4.79 Å². The van der Waals surface area contributed by atoms with E-state index in [1.54, 1.807) is 19.3 Å². The highest BCUT2D eigenvalue weighted by molar-refractivity contribution is 5.79. The molecule has 1 heterocycles. The first kappa shape index (κ1) is 14.0. The molecule has 98 valence electrons. The summed E-state index contributed by atoms with van der Waals surface area (Å²) in [7, 11) is 0. The predicted octanol–water partition coefficient (Wildman–Crippen LogP) is 0.740. The molecule has 6 nitrogen and oxygen atoms in total. The molecule has 0 bridgehead atoms. The monoisotopic (exact) mass is 251 g/mol. The van der Waals surface area contributed by atoms with Crippen LogP contribution in [0.5, 0.6) is 0 Å². The number of aromatic nitrogens is 1. The van der Waals surface area contributed by atoms with Crippen LogP contribution in [0.2, 0.25) is 0 Å². The van der Waals surface area contributed by atoms with Gasteiger partial charge in [0.25, 0.3) is 0 Å². The molecule has 0 spiro atoms. The van der Waals surface area contributed by atoms with E-state index in [-0.39, 0.29) is 12.6 Å². The molecule has 0 atom stereocenters. The molecule has 1 aromatic heterocycles. The highest BCUT2D eigenvalue weighted by Gasteiger charge is 2.13. The maximum atomic E-state index is 11.6. The van der Waals surface area contributed by atoms with Gasteiger partial charge >= 0.3 is 12.0 Å². The lowest BCUT2D eigenvalue weighted by molar-refractivity contribution is -0.137. The molecule has 0 aliphatic heterocycles. The fourth-order valence-electron chi connectivity index (χ4n) is 1.46. The van der Waals surface area contributed by atoms with Crippen LogP contribution in [-0.4, -0.2) is 46.6 Å². The summed E-state index contributed by atoms with van der Waals surface area (Å²) in [6.07, 6.45) is 4.10. The highest BCUT2D eigenvalue weighted by atomic mass is 16.4. The van der Waals surface area contributed by atoms with Crippen molar-refractivity contribution in [1.29, 1.82) is 0 Å². The van der Waals surface area contributed by atoms with Crippen molar-refractivity contribution in [2.45, 2.75) is 13.3 Å². The van der Waals surface area contributed by atoms with E-state index in [4.69, 9.17) is 5.11 Å². The molecular formula is C12H17N3O3. The first-order chi connectivity index (χ1) is 8.63. The Hall–Kier alpha value is -2.11. The quantitative estimate of drug-likeness (QED) is 0.781. The Morgan fingerprint density at radius 2 is 2.28 bits per heavy atom. The lowest BCUT2D eigenvalue weighted by Gasteiger charge is -2.19. The Morgan fingerprint density at radius 1 is 1.50 bits per heavy atom. The number of likely N-dealkylation sites (N-methyl/N-ethyl adjacent to an activating group) is 1. The third kappa shape index (κ3) is 4.82. The first-order valence-electron chi connectivity index (χ1n) is 5.77. The maximum absolute atomic E-state index is 11.6. The summed E-state index contributed by atoms with van der Waals surface area (Å²) >= 11 is 0. The number of pyridine rings is 1. The summed E-state index contributed by atoms with van der Waals surface area (Å²) in [6.45, 7) is 2.28. The van der Waals surface area contributed by atoms with E-state index >= 15 is 0 Å². The number of carbonyl (C=O) groups is 2. The Balaban J connectivity index is 2.34. The van der Waals surface area contributed by atoms with Crippen LogP contribution < -0.4 is 5.32 Å². The minimum Gasteiger partial charge on any atom is -0.480 e. The second-order valence-electron chi connectivity index (χ2n) is 3.75. The number of hydrogen-bond acceptors (Lipinski definition) is 3. The number of nitrogens with one attached hydrogen (secondary N) is 1. The van der Waals surface area contributed by atoms with Crippen molar-refractivity contribution in [1.82, 2.24) is 15.2 Å². The number of carboxylic acids is 1. The van der Waals surface area contributed by atoms with Crippen LogP contribution in [-0.2, 0) is 11.2 Å². The average Bonchev–Trinajstić information content (AvgIpc) is 2.36. The van der Waals surface area contributed by atoms with Gasteiger partial charge in [-0.05, 0) is 25.0 Å². The molecule has 0 aromatic carbocycles. The molecule has 0 saturated heterocycles. The normalized spacial score (nSPS) is 9.83. The Labute approximate surface area is 106 Å². The van der Waals surface area contributed by atoms with Crippen molar-refractivity contribution in [3.05, 3.63) is 30.1 Å². The van der Waals surface area contributed by atoms with Gasteiger partial charge in [0.2, 0.25) is 0 Å². The number of carboxylic acid groups (broad SMARTS) is 1. The van der Waals surface area contributed by atoms with Crippen molar-refractivity contribution < 1.29 is 14.7 Å². The van der Waals surface area contributed by atoms with Gasteiger partial charge < -0.3 is 15.3 Å². The first-order valence-corrected chi connectivity index (χ1v) is 5.77. The smallest absolute Gasteiger partial charge is 0.323 e. The van der Waals surface area contributed by atoms with E-state index in [2.05, 4.69) is 10.3 Å². The topological polar surface area (TPSA) is 82.5 Å². The summed E-state index contributed by atoms with van der Waals surface area (Å²) < 4.78 is 0. The van der Waals surface area contributed by atoms with Gasteiger partial charge in [0, 0.05) is 25.5 Å². The molecule has 0 aliphatic carbocycles. The summed E-state index contributed by atoms with van der Waals surface area (Å²) in [5, 5.41) is 11.3. The van der Waals surface area contributed by atoms with Gasteiger partial charge in [-0.1, -0.05) is 6.07 Å². The molecule has 0 unspecified atom stereocenters. The number of amides is 2. The number of nitrogens with zero attached hydrogens (tertiary/aromatic N) is 2. The summed E-state index contributed by atoms with van der Waals surface area (Å²) in [5.41, 5.74) is 1.03. The Bertz CT molecular complexity index is 395. The lowest BCUT2D eigenvalue weighted by atomic mass is 10.2.